The first-order chi connectivity index (χ1) is 14.3. The van der Waals surface area contributed by atoms with Crippen molar-refractivity contribution in [2.45, 2.75) is 68.8 Å². The summed E-state index contributed by atoms with van der Waals surface area (Å²) in [7, 11) is 0. The van der Waals surface area contributed by atoms with Gasteiger partial charge in [-0.15, -0.1) is 0 Å². The van der Waals surface area contributed by atoms with Gasteiger partial charge in [-0.2, -0.15) is 0 Å². The predicted octanol–water partition coefficient (Wildman–Crippen LogP) is -1.36. The number of nitrogens with one attached hydrogen (secondary N) is 1. The van der Waals surface area contributed by atoms with E-state index in [1.807, 2.05) is 6.07 Å². The largest absolute Gasteiger partial charge is 0.394 e. The van der Waals surface area contributed by atoms with Crippen molar-refractivity contribution in [1.29, 1.82) is 0 Å². The number of amides is 1. The number of aliphatic hydroxyl groups excluding tert-OH is 5. The van der Waals surface area contributed by atoms with Gasteiger partial charge in [0.15, 0.2) is 12.5 Å². The summed E-state index contributed by atoms with van der Waals surface area (Å²) in [6.07, 6.45) is -10.8. The summed E-state index contributed by atoms with van der Waals surface area (Å²) < 4.78 is 24.4. The molecule has 0 saturated carbocycles. The monoisotopic (exact) mass is 431 g/mol. The average Bonchev–Trinajstić information content (AvgIpc) is 2.75. The van der Waals surface area contributed by atoms with Crippen LogP contribution in [-0.4, -0.2) is 93.7 Å². The molecule has 8 atom stereocenters. The second-order valence-electron chi connectivity index (χ2n) is 7.29. The van der Waals surface area contributed by atoms with Crippen LogP contribution >= 0.6 is 0 Å². The van der Waals surface area contributed by atoms with Gasteiger partial charge in [0.05, 0.1) is 31.8 Å². The van der Waals surface area contributed by atoms with Crippen molar-refractivity contribution in [1.82, 2.24) is 5.32 Å². The second-order valence-corrected chi connectivity index (χ2v) is 7.29. The third-order valence-electron chi connectivity index (χ3n) is 5.02. The molecule has 0 aliphatic carbocycles. The molecule has 1 aromatic carbocycles. The molecule has 9 nitrogen and oxygen atoms in total. The van der Waals surface area contributed by atoms with Crippen LogP contribution < -0.4 is 5.32 Å². The lowest BCUT2D eigenvalue weighted by atomic mass is 10.0. The minimum atomic E-state index is -2.00. The summed E-state index contributed by atoms with van der Waals surface area (Å²) in [4.78, 5) is 12.4. The number of carbonyl (C=O) groups is 1. The first-order valence-electron chi connectivity index (χ1n) is 9.86. The summed E-state index contributed by atoms with van der Waals surface area (Å²) >= 11 is 0. The Morgan fingerprint density at radius 3 is 2.50 bits per heavy atom. The highest BCUT2D eigenvalue weighted by atomic mass is 19.1. The van der Waals surface area contributed by atoms with Gasteiger partial charge in [-0.05, 0) is 12.0 Å². The molecule has 1 heterocycles. The van der Waals surface area contributed by atoms with Crippen LogP contribution in [0.15, 0.2) is 30.3 Å². The van der Waals surface area contributed by atoms with E-state index in [0.717, 1.165) is 5.56 Å². The molecule has 1 fully saturated rings. The van der Waals surface area contributed by atoms with Crippen LogP contribution in [0, 0.1) is 0 Å². The molecule has 1 aliphatic heterocycles. The first kappa shape index (κ1) is 24.6. The summed E-state index contributed by atoms with van der Waals surface area (Å²) in [6.45, 7) is 0.511. The van der Waals surface area contributed by atoms with Crippen molar-refractivity contribution in [3.63, 3.8) is 0 Å². The van der Waals surface area contributed by atoms with E-state index >= 15 is 0 Å². The maximum absolute atomic E-state index is 13.8. The van der Waals surface area contributed by atoms with Gasteiger partial charge in [-0.25, -0.2) is 4.39 Å². The average molecular weight is 431 g/mol. The molecule has 10 heteroatoms. The maximum atomic E-state index is 13.8. The number of halogens is 1. The summed E-state index contributed by atoms with van der Waals surface area (Å²) in [5.41, 5.74) is 0.745. The molecule has 0 bridgehead atoms. The highest BCUT2D eigenvalue weighted by molar-refractivity contribution is 5.78. The molecular formula is C20H30FNO8. The van der Waals surface area contributed by atoms with Gasteiger partial charge in [-0.3, -0.25) is 4.79 Å². The van der Waals surface area contributed by atoms with E-state index in [-0.39, 0.29) is 12.8 Å². The Hall–Kier alpha value is -1.66. The minimum absolute atomic E-state index is 0.0314. The van der Waals surface area contributed by atoms with Gasteiger partial charge in [-0.1, -0.05) is 37.3 Å². The van der Waals surface area contributed by atoms with Crippen molar-refractivity contribution in [3.8, 4) is 0 Å². The molecule has 2 unspecified atom stereocenters. The number of benzene rings is 1. The zero-order valence-electron chi connectivity index (χ0n) is 16.7. The lowest BCUT2D eigenvalue weighted by molar-refractivity contribution is -0.293. The number of aliphatic hydroxyl groups is 5. The molecule has 1 saturated heterocycles. The molecule has 6 N–H and O–H groups in total. The maximum Gasteiger partial charge on any atom is 0.224 e. The number of ether oxygens (including phenoxy) is 2. The lowest BCUT2D eigenvalue weighted by Crippen LogP contribution is -2.59. The third-order valence-corrected chi connectivity index (χ3v) is 5.02. The lowest BCUT2D eigenvalue weighted by Gasteiger charge is -2.39. The van der Waals surface area contributed by atoms with E-state index in [9.17, 15) is 29.6 Å². The fraction of sp³-hybridized carbons (Fsp3) is 0.650. The van der Waals surface area contributed by atoms with Gasteiger partial charge < -0.3 is 40.3 Å². The summed E-state index contributed by atoms with van der Waals surface area (Å²) in [5, 5.41) is 51.9. The fourth-order valence-corrected chi connectivity index (χ4v) is 3.15. The van der Waals surface area contributed by atoms with Crippen molar-refractivity contribution >= 4 is 5.91 Å². The van der Waals surface area contributed by atoms with Crippen LogP contribution in [0.1, 0.15) is 18.9 Å². The van der Waals surface area contributed by atoms with Gasteiger partial charge in [0, 0.05) is 0 Å². The molecule has 2 rings (SSSR count). The van der Waals surface area contributed by atoms with E-state index in [1.165, 1.54) is 0 Å². The second kappa shape index (κ2) is 11.7. The standard InChI is InChI=1S/C20H30FNO8/c1-2-13(24)17(26)12(22-15(25)8-11-6-4-3-5-7-11)10-29-20-19(28)18(27)16(21)14(9-23)30-20/h3-7,12-14,16-20,23-24,26-28H,2,8-10H2,1H3,(H,22,25)/t12-,13+,14?,16+,17-,18?,19-,20-/m0/s1. The number of alkyl halides is 1. The topological polar surface area (TPSA) is 149 Å². The Balaban J connectivity index is 2.03. The molecule has 0 aromatic heterocycles. The van der Waals surface area contributed by atoms with Crippen molar-refractivity contribution in [3.05, 3.63) is 35.9 Å². The van der Waals surface area contributed by atoms with Crippen LogP contribution in [0.4, 0.5) is 4.39 Å². The van der Waals surface area contributed by atoms with E-state index in [1.54, 1.807) is 31.2 Å². The van der Waals surface area contributed by atoms with Crippen molar-refractivity contribution < 1.29 is 44.2 Å². The van der Waals surface area contributed by atoms with Crippen LogP contribution in [0.25, 0.3) is 0 Å². The molecule has 0 spiro atoms. The Labute approximate surface area is 174 Å². The SMILES string of the molecule is CC[C@@H](O)[C@@H](O)[C@H](CO[C@H]1OC(CO)[C@@H](F)C(O)[C@@H]1O)NC(=O)Cc1ccccc1. The Bertz CT molecular complexity index is 649. The van der Waals surface area contributed by atoms with E-state index in [0.29, 0.717) is 0 Å². The molecule has 0 radical (unpaired) electrons. The summed E-state index contributed by atoms with van der Waals surface area (Å²) in [6, 6.07) is 7.82. The van der Waals surface area contributed by atoms with E-state index in [4.69, 9.17) is 14.6 Å². The number of hydrogen-bond donors (Lipinski definition) is 6. The Kier molecular flexibility index (Phi) is 9.56. The molecule has 170 valence electrons. The minimum Gasteiger partial charge on any atom is -0.394 e. The van der Waals surface area contributed by atoms with Crippen LogP contribution in [0.3, 0.4) is 0 Å². The van der Waals surface area contributed by atoms with Crippen molar-refractivity contribution in [2.24, 2.45) is 0 Å². The van der Waals surface area contributed by atoms with E-state index in [2.05, 4.69) is 5.32 Å². The Morgan fingerprint density at radius 1 is 1.23 bits per heavy atom. The predicted molar refractivity (Wildman–Crippen MR) is 103 cm³/mol. The van der Waals surface area contributed by atoms with Gasteiger partial charge in [0.1, 0.15) is 24.4 Å². The van der Waals surface area contributed by atoms with Gasteiger partial charge >= 0.3 is 0 Å². The molecule has 1 aliphatic rings. The van der Waals surface area contributed by atoms with Crippen LogP contribution in [-0.2, 0) is 20.7 Å². The molecule has 1 amide bonds. The normalized spacial score (nSPS) is 29.8. The summed E-state index contributed by atoms with van der Waals surface area (Å²) in [5.74, 6) is -0.431. The highest BCUT2D eigenvalue weighted by Crippen LogP contribution is 2.24. The van der Waals surface area contributed by atoms with Gasteiger partial charge in [0.25, 0.3) is 0 Å². The molecule has 1 aromatic rings. The smallest absolute Gasteiger partial charge is 0.224 e. The fourth-order valence-electron chi connectivity index (χ4n) is 3.15. The zero-order valence-corrected chi connectivity index (χ0v) is 16.7. The number of carbonyl (C=O) groups excluding carboxylic acids is 1. The van der Waals surface area contributed by atoms with Crippen LogP contribution in [0.5, 0.6) is 0 Å². The number of rotatable bonds is 10. The molecule has 30 heavy (non-hydrogen) atoms. The Morgan fingerprint density at radius 2 is 1.90 bits per heavy atom. The number of hydrogen-bond acceptors (Lipinski definition) is 8. The quantitative estimate of drug-likeness (QED) is 0.266. The van der Waals surface area contributed by atoms with E-state index < -0.39 is 68.1 Å². The first-order valence-corrected chi connectivity index (χ1v) is 9.86. The highest BCUT2D eigenvalue weighted by Gasteiger charge is 2.45. The molecular weight excluding hydrogens is 401 g/mol. The van der Waals surface area contributed by atoms with Crippen molar-refractivity contribution in [2.75, 3.05) is 13.2 Å². The third kappa shape index (κ3) is 6.42. The zero-order chi connectivity index (χ0) is 22.3. The van der Waals surface area contributed by atoms with Crippen LogP contribution in [0.2, 0.25) is 0 Å². The van der Waals surface area contributed by atoms with Gasteiger partial charge in [0.2, 0.25) is 5.91 Å².